The average Bonchev–Trinajstić information content (AvgIpc) is 3.28. The van der Waals surface area contributed by atoms with Gasteiger partial charge in [0.2, 0.25) is 0 Å². The number of fused-ring (bicyclic) bond motifs is 1. The molecular weight excluding hydrogens is 392 g/mol. The summed E-state index contributed by atoms with van der Waals surface area (Å²) < 4.78 is 0. The van der Waals surface area contributed by atoms with Crippen LogP contribution in [-0.4, -0.2) is 38.9 Å². The van der Waals surface area contributed by atoms with Crippen LogP contribution in [0.4, 0.5) is 0 Å². The highest BCUT2D eigenvalue weighted by Crippen LogP contribution is 2.26. The number of aryl methyl sites for hydroxylation is 2. The minimum atomic E-state index is -0.106. The van der Waals surface area contributed by atoms with Crippen LogP contribution in [0.5, 0.6) is 0 Å². The molecule has 3 aromatic rings. The molecule has 0 aliphatic carbocycles. The molecule has 0 saturated heterocycles. The fourth-order valence-corrected chi connectivity index (χ4v) is 4.95. The molecule has 0 radical (unpaired) electrons. The Balaban J connectivity index is 1.38. The Morgan fingerprint density at radius 2 is 2.07 bits per heavy atom. The number of nitrogens with one attached hydrogen (secondary N) is 1. The van der Waals surface area contributed by atoms with Gasteiger partial charge >= 0.3 is 0 Å². The van der Waals surface area contributed by atoms with Crippen LogP contribution in [0.2, 0.25) is 0 Å². The summed E-state index contributed by atoms with van der Waals surface area (Å²) in [6.07, 6.45) is 0.767. The molecule has 3 heterocycles. The summed E-state index contributed by atoms with van der Waals surface area (Å²) in [5.41, 5.74) is 2.88. The molecule has 2 aromatic heterocycles. The first-order valence-corrected chi connectivity index (χ1v) is 11.0. The SMILES string of the molecule is Cc1sc2nc(CSCC(=O)N3CCC(c4ccccc4)=N3)[nH]c(=O)c2c1C. The number of hydrogen-bond donors (Lipinski definition) is 1. The molecule has 1 N–H and O–H groups in total. The zero-order valence-corrected chi connectivity index (χ0v) is 17.3. The predicted octanol–water partition coefficient (Wildman–Crippen LogP) is 3.47. The van der Waals surface area contributed by atoms with Gasteiger partial charge in [0.25, 0.3) is 11.5 Å². The number of rotatable bonds is 5. The molecule has 1 amide bonds. The monoisotopic (exact) mass is 412 g/mol. The molecule has 6 nitrogen and oxygen atoms in total. The minimum Gasteiger partial charge on any atom is -0.309 e. The van der Waals surface area contributed by atoms with Gasteiger partial charge in [0.1, 0.15) is 10.7 Å². The highest BCUT2D eigenvalue weighted by Gasteiger charge is 2.21. The number of thiophene rings is 1. The number of nitrogens with zero attached hydrogens (tertiary/aromatic N) is 3. The Morgan fingerprint density at radius 3 is 2.86 bits per heavy atom. The molecule has 0 unspecified atom stereocenters. The number of H-pyrrole nitrogens is 1. The number of hydrogen-bond acceptors (Lipinski definition) is 6. The van der Waals surface area contributed by atoms with E-state index < -0.39 is 0 Å². The van der Waals surface area contributed by atoms with Gasteiger partial charge in [-0.3, -0.25) is 9.59 Å². The van der Waals surface area contributed by atoms with E-state index in [1.165, 1.54) is 23.1 Å². The van der Waals surface area contributed by atoms with E-state index in [1.807, 2.05) is 44.2 Å². The molecule has 0 bridgehead atoms. The molecule has 144 valence electrons. The van der Waals surface area contributed by atoms with E-state index in [0.717, 1.165) is 33.0 Å². The van der Waals surface area contributed by atoms with E-state index in [4.69, 9.17) is 0 Å². The van der Waals surface area contributed by atoms with Crippen molar-refractivity contribution in [1.29, 1.82) is 0 Å². The lowest BCUT2D eigenvalue weighted by atomic mass is 10.1. The van der Waals surface area contributed by atoms with Gasteiger partial charge in [0, 0.05) is 11.3 Å². The summed E-state index contributed by atoms with van der Waals surface area (Å²) in [5, 5.41) is 6.68. The van der Waals surface area contributed by atoms with Crippen LogP contribution < -0.4 is 5.56 Å². The largest absolute Gasteiger partial charge is 0.309 e. The zero-order chi connectivity index (χ0) is 19.7. The van der Waals surface area contributed by atoms with Crippen LogP contribution in [0, 0.1) is 13.8 Å². The van der Waals surface area contributed by atoms with Gasteiger partial charge in [-0.1, -0.05) is 30.3 Å². The maximum absolute atomic E-state index is 12.4. The van der Waals surface area contributed by atoms with Gasteiger partial charge in [-0.15, -0.1) is 23.1 Å². The smallest absolute Gasteiger partial charge is 0.259 e. The van der Waals surface area contributed by atoms with E-state index in [-0.39, 0.29) is 11.5 Å². The summed E-state index contributed by atoms with van der Waals surface area (Å²) in [4.78, 5) is 34.0. The maximum Gasteiger partial charge on any atom is 0.259 e. The Labute approximate surface area is 170 Å². The number of hydrazone groups is 1. The van der Waals surface area contributed by atoms with Crippen molar-refractivity contribution < 1.29 is 4.79 Å². The lowest BCUT2D eigenvalue weighted by molar-refractivity contribution is -0.127. The molecule has 1 aliphatic rings. The van der Waals surface area contributed by atoms with Crippen molar-refractivity contribution in [3.8, 4) is 0 Å². The highest BCUT2D eigenvalue weighted by atomic mass is 32.2. The zero-order valence-electron chi connectivity index (χ0n) is 15.7. The maximum atomic E-state index is 12.4. The van der Waals surface area contributed by atoms with Crippen LogP contribution in [0.1, 0.15) is 28.2 Å². The van der Waals surface area contributed by atoms with E-state index in [2.05, 4.69) is 15.1 Å². The standard InChI is InChI=1S/C20H20N4O2S2/c1-12-13(2)28-20-18(12)19(26)21-16(22-20)10-27-11-17(25)24-9-8-15(23-24)14-6-4-3-5-7-14/h3-7H,8-11H2,1-2H3,(H,21,22,26). The number of aromatic nitrogens is 2. The minimum absolute atomic E-state index is 0.0258. The van der Waals surface area contributed by atoms with Crippen molar-refractivity contribution in [2.75, 3.05) is 12.3 Å². The van der Waals surface area contributed by atoms with E-state index in [0.29, 0.717) is 29.3 Å². The van der Waals surface area contributed by atoms with Crippen LogP contribution in [0.3, 0.4) is 0 Å². The Kier molecular flexibility index (Phi) is 5.32. The van der Waals surface area contributed by atoms with E-state index in [1.54, 1.807) is 5.01 Å². The second-order valence-corrected chi connectivity index (χ2v) is 8.84. The van der Waals surface area contributed by atoms with Gasteiger partial charge < -0.3 is 4.98 Å². The molecule has 0 saturated carbocycles. The lowest BCUT2D eigenvalue weighted by Gasteiger charge is -2.10. The number of benzene rings is 1. The Bertz CT molecular complexity index is 1120. The fourth-order valence-electron chi connectivity index (χ4n) is 3.15. The summed E-state index contributed by atoms with van der Waals surface area (Å²) in [6.45, 7) is 4.55. The molecule has 1 aromatic carbocycles. The third kappa shape index (κ3) is 3.74. The van der Waals surface area contributed by atoms with Crippen LogP contribution in [-0.2, 0) is 10.5 Å². The van der Waals surface area contributed by atoms with Gasteiger partial charge in [0.05, 0.1) is 29.1 Å². The first-order chi connectivity index (χ1) is 13.5. The number of carbonyl (C=O) groups is 1. The van der Waals surface area contributed by atoms with Gasteiger partial charge in [-0.05, 0) is 25.0 Å². The van der Waals surface area contributed by atoms with Crippen LogP contribution in [0.25, 0.3) is 10.2 Å². The summed E-state index contributed by atoms with van der Waals surface area (Å²) in [7, 11) is 0. The quantitative estimate of drug-likeness (QED) is 0.696. The molecule has 0 atom stereocenters. The number of amides is 1. The predicted molar refractivity (Wildman–Crippen MR) is 115 cm³/mol. The first-order valence-electron chi connectivity index (χ1n) is 9.03. The molecular formula is C20H20N4O2S2. The Morgan fingerprint density at radius 1 is 1.29 bits per heavy atom. The third-order valence-electron chi connectivity index (χ3n) is 4.75. The molecule has 0 fully saturated rings. The van der Waals surface area contributed by atoms with Crippen molar-refractivity contribution >= 4 is 44.9 Å². The molecule has 28 heavy (non-hydrogen) atoms. The van der Waals surface area contributed by atoms with Gasteiger partial charge in [-0.2, -0.15) is 5.10 Å². The topological polar surface area (TPSA) is 78.4 Å². The second kappa shape index (κ2) is 7.89. The highest BCUT2D eigenvalue weighted by molar-refractivity contribution is 7.99. The first kappa shape index (κ1) is 18.9. The van der Waals surface area contributed by atoms with Crippen molar-refractivity contribution in [2.45, 2.75) is 26.0 Å². The van der Waals surface area contributed by atoms with Gasteiger partial charge in [0.15, 0.2) is 0 Å². The summed E-state index contributed by atoms with van der Waals surface area (Å²) in [6, 6.07) is 9.92. The normalized spacial score (nSPS) is 13.9. The second-order valence-electron chi connectivity index (χ2n) is 6.65. The lowest BCUT2D eigenvalue weighted by Crippen LogP contribution is -2.25. The van der Waals surface area contributed by atoms with Crippen molar-refractivity contribution in [1.82, 2.24) is 15.0 Å². The van der Waals surface area contributed by atoms with E-state index >= 15 is 0 Å². The Hall–Kier alpha value is -2.45. The van der Waals surface area contributed by atoms with Crippen molar-refractivity contribution in [3.63, 3.8) is 0 Å². The average molecular weight is 413 g/mol. The van der Waals surface area contributed by atoms with Crippen LogP contribution >= 0.6 is 23.1 Å². The summed E-state index contributed by atoms with van der Waals surface area (Å²) in [5.74, 6) is 1.36. The van der Waals surface area contributed by atoms with Crippen molar-refractivity contribution in [2.24, 2.45) is 5.10 Å². The fraction of sp³-hybridized carbons (Fsp3) is 0.300. The van der Waals surface area contributed by atoms with E-state index in [9.17, 15) is 9.59 Å². The number of thioether (sulfide) groups is 1. The molecule has 8 heteroatoms. The van der Waals surface area contributed by atoms with Crippen molar-refractivity contribution in [3.05, 3.63) is 62.5 Å². The van der Waals surface area contributed by atoms with Gasteiger partial charge in [-0.25, -0.2) is 9.99 Å². The molecule has 1 aliphatic heterocycles. The number of aromatic amines is 1. The molecule has 4 rings (SSSR count). The summed E-state index contributed by atoms with van der Waals surface area (Å²) >= 11 is 2.97. The molecule has 0 spiro atoms. The van der Waals surface area contributed by atoms with Crippen LogP contribution in [0.15, 0.2) is 40.2 Å². The number of carbonyl (C=O) groups excluding carboxylic acids is 1. The third-order valence-corrected chi connectivity index (χ3v) is 6.78.